The molecule has 1 saturated heterocycles. The van der Waals surface area contributed by atoms with Gasteiger partial charge in [-0.05, 0) is 37.1 Å². The highest BCUT2D eigenvalue weighted by Crippen LogP contribution is 2.31. The van der Waals surface area contributed by atoms with Crippen molar-refractivity contribution in [2.24, 2.45) is 0 Å². The Bertz CT molecular complexity index is 530. The minimum absolute atomic E-state index is 0.0513. The summed E-state index contributed by atoms with van der Waals surface area (Å²) in [5.41, 5.74) is 1.63. The van der Waals surface area contributed by atoms with Crippen LogP contribution in [-0.2, 0) is 0 Å². The number of hydrogen-bond donors (Lipinski definition) is 1. The zero-order valence-corrected chi connectivity index (χ0v) is 10.3. The molecule has 1 aromatic heterocycles. The highest BCUT2D eigenvalue weighted by Gasteiger charge is 2.25. The lowest BCUT2D eigenvalue weighted by Gasteiger charge is -2.27. The number of aromatic nitrogens is 1. The van der Waals surface area contributed by atoms with E-state index in [4.69, 9.17) is 0 Å². The maximum absolute atomic E-state index is 14.7. The van der Waals surface area contributed by atoms with Crippen molar-refractivity contribution < 1.29 is 4.39 Å². The van der Waals surface area contributed by atoms with Crippen molar-refractivity contribution in [2.45, 2.75) is 31.5 Å². The third-order valence-electron chi connectivity index (χ3n) is 3.68. The summed E-state index contributed by atoms with van der Waals surface area (Å²) >= 11 is 0. The molecule has 2 atom stereocenters. The molecule has 0 amide bonds. The summed E-state index contributed by atoms with van der Waals surface area (Å²) in [6.07, 6.45) is 3.98. The van der Waals surface area contributed by atoms with Gasteiger partial charge in [0.2, 0.25) is 0 Å². The highest BCUT2D eigenvalue weighted by molar-refractivity contribution is 5.82. The quantitative estimate of drug-likeness (QED) is 0.876. The van der Waals surface area contributed by atoms with Gasteiger partial charge in [0, 0.05) is 17.6 Å². The van der Waals surface area contributed by atoms with Crippen molar-refractivity contribution in [1.82, 2.24) is 10.3 Å². The van der Waals surface area contributed by atoms with Crippen LogP contribution in [0.2, 0.25) is 0 Å². The molecule has 2 nitrogen and oxygen atoms in total. The highest BCUT2D eigenvalue weighted by atomic mass is 19.1. The number of nitrogens with one attached hydrogen (secondary N) is 1. The summed E-state index contributed by atoms with van der Waals surface area (Å²) in [5.74, 6) is 0. The van der Waals surface area contributed by atoms with E-state index < -0.39 is 6.17 Å². The fourth-order valence-electron chi connectivity index (χ4n) is 2.71. The molecule has 1 aliphatic heterocycles. The predicted molar refractivity (Wildman–Crippen MR) is 71.2 cm³/mol. The zero-order valence-electron chi connectivity index (χ0n) is 10.3. The van der Waals surface area contributed by atoms with Crippen molar-refractivity contribution in [3.8, 4) is 0 Å². The van der Waals surface area contributed by atoms with Crippen LogP contribution < -0.4 is 5.32 Å². The van der Waals surface area contributed by atoms with Gasteiger partial charge in [-0.2, -0.15) is 0 Å². The first-order chi connectivity index (χ1) is 8.86. The van der Waals surface area contributed by atoms with Crippen LogP contribution in [0.5, 0.6) is 0 Å². The zero-order chi connectivity index (χ0) is 12.4. The predicted octanol–water partition coefficient (Wildman–Crippen LogP) is 3.39. The van der Waals surface area contributed by atoms with Crippen LogP contribution in [0.15, 0.2) is 36.5 Å². The summed E-state index contributed by atoms with van der Waals surface area (Å²) < 4.78 is 14.7. The summed E-state index contributed by atoms with van der Waals surface area (Å²) in [6, 6.07) is 9.47. The first-order valence-corrected chi connectivity index (χ1v) is 6.57. The molecule has 2 unspecified atom stereocenters. The maximum Gasteiger partial charge on any atom is 0.141 e. The molecule has 0 bridgehead atoms. The summed E-state index contributed by atoms with van der Waals surface area (Å²) in [4.78, 5) is 4.28. The topological polar surface area (TPSA) is 24.9 Å². The summed E-state index contributed by atoms with van der Waals surface area (Å²) in [5, 5.41) is 4.22. The Morgan fingerprint density at radius 2 is 2.17 bits per heavy atom. The van der Waals surface area contributed by atoms with E-state index in [1.54, 1.807) is 6.20 Å². The molecule has 1 N–H and O–H groups in total. The largest absolute Gasteiger partial charge is 0.311 e. The Kier molecular flexibility index (Phi) is 3.24. The molecular formula is C15H17FN2. The number of halogens is 1. The van der Waals surface area contributed by atoms with E-state index in [9.17, 15) is 4.39 Å². The second-order valence-electron chi connectivity index (χ2n) is 4.88. The van der Waals surface area contributed by atoms with Crippen LogP contribution >= 0.6 is 0 Å². The third kappa shape index (κ3) is 2.10. The molecule has 2 aromatic rings. The SMILES string of the molecule is FC(c1cccc2ncccc12)C1CCCCN1. The van der Waals surface area contributed by atoms with Gasteiger partial charge < -0.3 is 5.32 Å². The Balaban J connectivity index is 1.97. The van der Waals surface area contributed by atoms with E-state index >= 15 is 0 Å². The molecule has 1 aromatic carbocycles. The third-order valence-corrected chi connectivity index (χ3v) is 3.68. The van der Waals surface area contributed by atoms with Crippen LogP contribution in [-0.4, -0.2) is 17.6 Å². The van der Waals surface area contributed by atoms with Gasteiger partial charge in [0.05, 0.1) is 5.52 Å². The van der Waals surface area contributed by atoms with Gasteiger partial charge in [-0.25, -0.2) is 4.39 Å². The van der Waals surface area contributed by atoms with Crippen LogP contribution in [0.25, 0.3) is 10.9 Å². The first-order valence-electron chi connectivity index (χ1n) is 6.57. The van der Waals surface area contributed by atoms with E-state index in [2.05, 4.69) is 10.3 Å². The smallest absolute Gasteiger partial charge is 0.141 e. The van der Waals surface area contributed by atoms with Crippen LogP contribution in [0.1, 0.15) is 31.0 Å². The van der Waals surface area contributed by atoms with Gasteiger partial charge in [0.25, 0.3) is 0 Å². The Hall–Kier alpha value is -1.48. The van der Waals surface area contributed by atoms with Crippen molar-refractivity contribution in [1.29, 1.82) is 0 Å². The van der Waals surface area contributed by atoms with Crippen molar-refractivity contribution in [3.63, 3.8) is 0 Å². The molecule has 1 aliphatic rings. The van der Waals surface area contributed by atoms with Crippen LogP contribution in [0, 0.1) is 0 Å². The van der Waals surface area contributed by atoms with E-state index in [0.29, 0.717) is 0 Å². The number of alkyl halides is 1. The molecule has 0 aliphatic carbocycles. The number of rotatable bonds is 2. The average Bonchev–Trinajstić information content (AvgIpc) is 2.47. The molecule has 18 heavy (non-hydrogen) atoms. The minimum Gasteiger partial charge on any atom is -0.311 e. The van der Waals surface area contributed by atoms with Gasteiger partial charge >= 0.3 is 0 Å². The Morgan fingerprint density at radius 1 is 1.22 bits per heavy atom. The van der Waals surface area contributed by atoms with E-state index in [1.807, 2.05) is 30.3 Å². The normalized spacial score (nSPS) is 21.9. The standard InChI is InChI=1S/C15H17FN2/c16-15(14-7-1-2-9-18-14)12-5-3-8-13-11(12)6-4-10-17-13/h3-6,8,10,14-15,18H,1-2,7,9H2. The van der Waals surface area contributed by atoms with Crippen LogP contribution in [0.3, 0.4) is 0 Å². The van der Waals surface area contributed by atoms with Gasteiger partial charge in [0.15, 0.2) is 0 Å². The molecule has 1 fully saturated rings. The molecule has 3 heteroatoms. The van der Waals surface area contributed by atoms with Gasteiger partial charge in [-0.3, -0.25) is 4.98 Å². The second kappa shape index (κ2) is 5.02. The van der Waals surface area contributed by atoms with E-state index in [0.717, 1.165) is 42.3 Å². The molecule has 94 valence electrons. The van der Waals surface area contributed by atoms with Crippen LogP contribution in [0.4, 0.5) is 4.39 Å². The fourth-order valence-corrected chi connectivity index (χ4v) is 2.71. The lowest BCUT2D eigenvalue weighted by Crippen LogP contribution is -2.37. The first kappa shape index (κ1) is 11.6. The van der Waals surface area contributed by atoms with Gasteiger partial charge in [-0.1, -0.05) is 24.6 Å². The number of piperidine rings is 1. The van der Waals surface area contributed by atoms with Crippen molar-refractivity contribution >= 4 is 10.9 Å². The summed E-state index contributed by atoms with van der Waals surface area (Å²) in [6.45, 7) is 0.925. The monoisotopic (exact) mass is 244 g/mol. The lowest BCUT2D eigenvalue weighted by molar-refractivity contribution is 0.222. The molecule has 0 saturated carbocycles. The second-order valence-corrected chi connectivity index (χ2v) is 4.88. The minimum atomic E-state index is -0.946. The number of nitrogens with zero attached hydrogens (tertiary/aromatic N) is 1. The molecule has 2 heterocycles. The number of fused-ring (bicyclic) bond motifs is 1. The average molecular weight is 244 g/mol. The number of benzene rings is 1. The van der Waals surface area contributed by atoms with E-state index in [-0.39, 0.29) is 6.04 Å². The number of hydrogen-bond acceptors (Lipinski definition) is 2. The van der Waals surface area contributed by atoms with E-state index in [1.165, 1.54) is 0 Å². The van der Waals surface area contributed by atoms with Gasteiger partial charge in [-0.15, -0.1) is 0 Å². The molecular weight excluding hydrogens is 227 g/mol. The Labute approximate surface area is 106 Å². The molecule has 3 rings (SSSR count). The van der Waals surface area contributed by atoms with Gasteiger partial charge in [0.1, 0.15) is 6.17 Å². The maximum atomic E-state index is 14.7. The molecule has 0 radical (unpaired) electrons. The van der Waals surface area contributed by atoms with Crippen molar-refractivity contribution in [3.05, 3.63) is 42.1 Å². The fraction of sp³-hybridized carbons (Fsp3) is 0.400. The number of pyridine rings is 1. The lowest BCUT2D eigenvalue weighted by atomic mass is 9.94. The summed E-state index contributed by atoms with van der Waals surface area (Å²) in [7, 11) is 0. The van der Waals surface area contributed by atoms with Crippen molar-refractivity contribution in [2.75, 3.05) is 6.54 Å². The molecule has 0 spiro atoms. The Morgan fingerprint density at radius 3 is 3.00 bits per heavy atom.